The van der Waals surface area contributed by atoms with Gasteiger partial charge in [0.25, 0.3) is 0 Å². The van der Waals surface area contributed by atoms with Crippen molar-refractivity contribution in [3.05, 3.63) is 30.6 Å². The third-order valence-electron chi connectivity index (χ3n) is 0.1000. The van der Waals surface area contributed by atoms with Gasteiger partial charge in [0.1, 0.15) is 0 Å². The second kappa shape index (κ2) is 22.4. The van der Waals surface area contributed by atoms with Crippen LogP contribution in [0.2, 0.25) is 0 Å². The Morgan fingerprint density at radius 3 is 0.923 bits per heavy atom. The molecular weight excluding hydrogens is 239 g/mol. The largest absolute Gasteiger partial charge is 2.00 e. The van der Waals surface area contributed by atoms with E-state index in [9.17, 15) is 0 Å². The molecular formula is C2H6CoN2O8. The SMILES string of the molecule is O=[N+]([O-])[O-].O=[N+]([O-])[O-].OCCO.[Co+2]. The van der Waals surface area contributed by atoms with Crippen molar-refractivity contribution in [3.8, 4) is 0 Å². The molecule has 0 aromatic carbocycles. The van der Waals surface area contributed by atoms with E-state index in [1.54, 1.807) is 0 Å². The van der Waals surface area contributed by atoms with E-state index in [-0.39, 0.29) is 30.0 Å². The van der Waals surface area contributed by atoms with Crippen molar-refractivity contribution < 1.29 is 37.2 Å². The molecule has 0 aliphatic carbocycles. The Bertz CT molecular complexity index is 96.7. The normalized spacial score (nSPS) is 6.00. The van der Waals surface area contributed by atoms with Crippen LogP contribution in [0.4, 0.5) is 0 Å². The molecule has 2 N–H and O–H groups in total. The summed E-state index contributed by atoms with van der Waals surface area (Å²) in [7, 11) is 0. The van der Waals surface area contributed by atoms with Gasteiger partial charge in [-0.3, -0.25) is 0 Å². The Hall–Kier alpha value is -1.17. The summed E-state index contributed by atoms with van der Waals surface area (Å²) in [6.07, 6.45) is 0. The van der Waals surface area contributed by atoms with Crippen molar-refractivity contribution in [2.45, 2.75) is 0 Å². The Labute approximate surface area is 81.8 Å². The summed E-state index contributed by atoms with van der Waals surface area (Å²) in [4.78, 5) is 16.5. The fraction of sp³-hybridized carbons (Fsp3) is 1.00. The van der Waals surface area contributed by atoms with Gasteiger partial charge in [-0.05, 0) is 0 Å². The molecule has 0 aromatic rings. The van der Waals surface area contributed by atoms with Gasteiger partial charge in [0.15, 0.2) is 0 Å². The minimum Gasteiger partial charge on any atom is -0.394 e. The third kappa shape index (κ3) is 28000. The van der Waals surface area contributed by atoms with E-state index >= 15 is 0 Å². The fourth-order valence-electron chi connectivity index (χ4n) is 0. The standard InChI is InChI=1S/C2H6O2.Co.2NO3/c3-1-2-4;;2*2-1(3)4/h3-4H,1-2H2;;;/q;+2;2*-1. The number of hydrogen-bond acceptors (Lipinski definition) is 8. The number of hydrogen-bond donors (Lipinski definition) is 2. The van der Waals surface area contributed by atoms with Gasteiger partial charge in [-0.25, -0.2) is 0 Å². The van der Waals surface area contributed by atoms with E-state index in [0.717, 1.165) is 0 Å². The molecule has 13 heavy (non-hydrogen) atoms. The van der Waals surface area contributed by atoms with Crippen LogP contribution in [0.5, 0.6) is 0 Å². The number of nitrogens with zero attached hydrogens (tertiary/aromatic N) is 2. The molecule has 0 saturated heterocycles. The fourth-order valence-corrected chi connectivity index (χ4v) is 0. The summed E-state index contributed by atoms with van der Waals surface area (Å²) in [5, 5.41) is 44.8. The first-order valence-electron chi connectivity index (χ1n) is 2.23. The van der Waals surface area contributed by atoms with Gasteiger partial charge in [0.2, 0.25) is 0 Å². The maximum absolute atomic E-state index is 8.25. The van der Waals surface area contributed by atoms with E-state index in [4.69, 9.17) is 40.9 Å². The molecule has 0 fully saturated rings. The molecule has 0 heterocycles. The van der Waals surface area contributed by atoms with Crippen LogP contribution in [0.3, 0.4) is 0 Å². The van der Waals surface area contributed by atoms with Crippen LogP contribution in [0.1, 0.15) is 0 Å². The zero-order valence-corrected chi connectivity index (χ0v) is 7.03. The van der Waals surface area contributed by atoms with Crippen molar-refractivity contribution >= 4 is 0 Å². The average Bonchev–Trinajstić information content (AvgIpc) is 1.85. The molecule has 11 heteroatoms. The minimum atomic E-state index is -1.75. The molecule has 0 aromatic heterocycles. The second-order valence-corrected chi connectivity index (χ2v) is 0.894. The smallest absolute Gasteiger partial charge is 0.394 e. The van der Waals surface area contributed by atoms with Crippen LogP contribution in [0.15, 0.2) is 0 Å². The molecule has 0 spiro atoms. The maximum atomic E-state index is 8.25. The summed E-state index contributed by atoms with van der Waals surface area (Å²) >= 11 is 0. The molecule has 0 rings (SSSR count). The van der Waals surface area contributed by atoms with E-state index in [0.29, 0.717) is 0 Å². The van der Waals surface area contributed by atoms with Gasteiger partial charge in [-0.1, -0.05) is 0 Å². The first kappa shape index (κ1) is 22.6. The second-order valence-electron chi connectivity index (χ2n) is 0.894. The molecule has 0 aliphatic heterocycles. The van der Waals surface area contributed by atoms with Crippen LogP contribution < -0.4 is 0 Å². The predicted molar refractivity (Wildman–Crippen MR) is 34.9 cm³/mol. The molecule has 0 bridgehead atoms. The molecule has 1 radical (unpaired) electrons. The Morgan fingerprint density at radius 1 is 0.846 bits per heavy atom. The zero-order chi connectivity index (χ0) is 10.6. The van der Waals surface area contributed by atoms with Crippen molar-refractivity contribution in [2.75, 3.05) is 13.2 Å². The van der Waals surface area contributed by atoms with E-state index in [2.05, 4.69) is 0 Å². The van der Waals surface area contributed by atoms with Crippen molar-refractivity contribution in [3.63, 3.8) is 0 Å². The van der Waals surface area contributed by atoms with E-state index in [1.807, 2.05) is 0 Å². The first-order valence-corrected chi connectivity index (χ1v) is 2.23. The molecule has 0 atom stereocenters. The maximum Gasteiger partial charge on any atom is 2.00 e. The third-order valence-corrected chi connectivity index (χ3v) is 0.1000. The predicted octanol–water partition coefficient (Wildman–Crippen LogP) is -1.51. The number of rotatable bonds is 1. The van der Waals surface area contributed by atoms with Crippen molar-refractivity contribution in [1.29, 1.82) is 0 Å². The van der Waals surface area contributed by atoms with Gasteiger partial charge in [-0.2, -0.15) is 0 Å². The summed E-state index contributed by atoms with van der Waals surface area (Å²) < 4.78 is 0. The minimum absolute atomic E-state index is 0. The quantitative estimate of drug-likeness (QED) is 0.414. The summed E-state index contributed by atoms with van der Waals surface area (Å²) in [5.41, 5.74) is 0. The molecule has 10 nitrogen and oxygen atoms in total. The van der Waals surface area contributed by atoms with Crippen LogP contribution in [-0.2, 0) is 16.8 Å². The topological polar surface area (TPSA) is 173 Å². The molecule has 0 saturated carbocycles. The Balaban J connectivity index is -0.0000000450. The van der Waals surface area contributed by atoms with Crippen molar-refractivity contribution in [2.24, 2.45) is 0 Å². The van der Waals surface area contributed by atoms with Crippen LogP contribution in [0, 0.1) is 30.6 Å². The summed E-state index contributed by atoms with van der Waals surface area (Å²) in [6.45, 7) is -0.250. The first-order chi connectivity index (χ1) is 5.38. The molecule has 0 aliphatic rings. The zero-order valence-electron chi connectivity index (χ0n) is 5.99. The van der Waals surface area contributed by atoms with Crippen molar-refractivity contribution in [1.82, 2.24) is 0 Å². The number of aliphatic hydroxyl groups excluding tert-OH is 2. The van der Waals surface area contributed by atoms with Gasteiger partial charge < -0.3 is 40.9 Å². The van der Waals surface area contributed by atoms with Crippen LogP contribution >= 0.6 is 0 Å². The van der Waals surface area contributed by atoms with Crippen LogP contribution in [-0.4, -0.2) is 33.6 Å². The van der Waals surface area contributed by atoms with Gasteiger partial charge in [0, 0.05) is 0 Å². The Morgan fingerprint density at radius 2 is 0.923 bits per heavy atom. The number of aliphatic hydroxyl groups is 2. The van der Waals surface area contributed by atoms with Gasteiger partial charge >= 0.3 is 16.8 Å². The average molecular weight is 245 g/mol. The molecule has 81 valence electrons. The Kier molecular flexibility index (Phi) is 39.1. The molecule has 0 unspecified atom stereocenters. The van der Waals surface area contributed by atoms with Gasteiger partial charge in [0.05, 0.1) is 23.4 Å². The molecule has 0 amide bonds. The van der Waals surface area contributed by atoms with Crippen LogP contribution in [0.25, 0.3) is 0 Å². The van der Waals surface area contributed by atoms with E-state index < -0.39 is 10.2 Å². The summed E-state index contributed by atoms with van der Waals surface area (Å²) in [5.74, 6) is 0. The summed E-state index contributed by atoms with van der Waals surface area (Å²) in [6, 6.07) is 0. The van der Waals surface area contributed by atoms with E-state index in [1.165, 1.54) is 0 Å². The monoisotopic (exact) mass is 245 g/mol. The van der Waals surface area contributed by atoms with Gasteiger partial charge in [-0.15, -0.1) is 0 Å².